The number of Topliss-reactive ketones (excluding diaryl/α,β-unsaturated/α-hetero) is 1. The second kappa shape index (κ2) is 5.25. The fraction of sp³-hybridized carbons (Fsp3) is 0.714. The van der Waals surface area contributed by atoms with Crippen molar-refractivity contribution in [1.29, 1.82) is 0 Å². The topological polar surface area (TPSA) is 60.9 Å². The van der Waals surface area contributed by atoms with Crippen molar-refractivity contribution >= 4 is 17.4 Å². The molecule has 108 valence electrons. The Bertz CT molecular complexity index is 484. The first-order valence-corrected chi connectivity index (χ1v) is 6.92. The Morgan fingerprint density at radius 2 is 1.89 bits per heavy atom. The minimum atomic E-state index is -0.618. The molecule has 0 atom stereocenters. The number of halogens is 1. The number of carbonyl (C=O) groups excluding carboxylic acids is 1. The summed E-state index contributed by atoms with van der Waals surface area (Å²) in [5.74, 6) is 0.0764. The molecule has 0 aliphatic carbocycles. The molecule has 0 radical (unpaired) electrons. The number of hydrogen-bond acceptors (Lipinski definition) is 3. The summed E-state index contributed by atoms with van der Waals surface area (Å²) in [4.78, 5) is 12.5. The fourth-order valence-electron chi connectivity index (χ4n) is 1.74. The maximum absolute atomic E-state index is 12.5. The van der Waals surface area contributed by atoms with Crippen LogP contribution < -0.4 is 5.73 Å². The van der Waals surface area contributed by atoms with Crippen LogP contribution in [0.25, 0.3) is 0 Å². The van der Waals surface area contributed by atoms with Crippen LogP contribution >= 0.6 is 11.6 Å². The van der Waals surface area contributed by atoms with Gasteiger partial charge < -0.3 is 5.73 Å². The summed E-state index contributed by atoms with van der Waals surface area (Å²) in [5.41, 5.74) is 6.50. The van der Waals surface area contributed by atoms with Crippen LogP contribution in [0.2, 0.25) is 5.02 Å². The van der Waals surface area contributed by atoms with E-state index in [1.807, 2.05) is 41.7 Å². The summed E-state index contributed by atoms with van der Waals surface area (Å²) in [6, 6.07) is 0. The second-order valence-electron chi connectivity index (χ2n) is 6.13. The van der Waals surface area contributed by atoms with Gasteiger partial charge in [0, 0.05) is 18.0 Å². The van der Waals surface area contributed by atoms with Crippen LogP contribution in [-0.2, 0) is 24.7 Å². The summed E-state index contributed by atoms with van der Waals surface area (Å²) in [5, 5.41) is 4.93. The number of rotatable bonds is 5. The molecule has 4 nitrogen and oxygen atoms in total. The van der Waals surface area contributed by atoms with Crippen molar-refractivity contribution < 1.29 is 4.79 Å². The van der Waals surface area contributed by atoms with Gasteiger partial charge in [-0.05, 0) is 20.3 Å². The third-order valence-electron chi connectivity index (χ3n) is 4.14. The van der Waals surface area contributed by atoms with Gasteiger partial charge in [0.15, 0.2) is 0 Å². The molecule has 0 aromatic carbocycles. The average Bonchev–Trinajstić information content (AvgIpc) is 2.54. The molecular weight excluding hydrogens is 262 g/mol. The Labute approximate surface area is 120 Å². The summed E-state index contributed by atoms with van der Waals surface area (Å²) in [6.45, 7) is 9.48. The molecule has 19 heavy (non-hydrogen) atoms. The van der Waals surface area contributed by atoms with Crippen molar-refractivity contribution in [2.75, 3.05) is 0 Å². The van der Waals surface area contributed by atoms with E-state index in [9.17, 15) is 4.79 Å². The lowest BCUT2D eigenvalue weighted by Crippen LogP contribution is -2.52. The number of nitrogens with two attached hydrogens (primary N) is 1. The quantitative estimate of drug-likeness (QED) is 0.904. The maximum Gasteiger partial charge on any atom is 0.146 e. The zero-order valence-corrected chi connectivity index (χ0v) is 13.4. The molecule has 0 bridgehead atoms. The van der Waals surface area contributed by atoms with Gasteiger partial charge in [0.05, 0.1) is 22.8 Å². The molecule has 0 aliphatic heterocycles. The predicted octanol–water partition coefficient (Wildman–Crippen LogP) is 2.51. The lowest BCUT2D eigenvalue weighted by molar-refractivity contribution is -0.129. The zero-order valence-electron chi connectivity index (χ0n) is 12.7. The van der Waals surface area contributed by atoms with Crippen molar-refractivity contribution in [2.24, 2.45) is 18.2 Å². The van der Waals surface area contributed by atoms with Gasteiger partial charge in [-0.1, -0.05) is 32.4 Å². The Morgan fingerprint density at radius 1 is 1.37 bits per heavy atom. The Morgan fingerprint density at radius 3 is 2.26 bits per heavy atom. The highest BCUT2D eigenvalue weighted by atomic mass is 35.5. The van der Waals surface area contributed by atoms with Gasteiger partial charge in [-0.15, -0.1) is 0 Å². The monoisotopic (exact) mass is 285 g/mol. The van der Waals surface area contributed by atoms with Gasteiger partial charge in [-0.2, -0.15) is 5.10 Å². The van der Waals surface area contributed by atoms with Crippen molar-refractivity contribution in [3.63, 3.8) is 0 Å². The first kappa shape index (κ1) is 16.2. The summed E-state index contributed by atoms with van der Waals surface area (Å²) >= 11 is 6.27. The highest BCUT2D eigenvalue weighted by molar-refractivity contribution is 6.32. The lowest BCUT2D eigenvalue weighted by atomic mass is 9.71. The van der Waals surface area contributed by atoms with E-state index in [1.54, 1.807) is 4.68 Å². The van der Waals surface area contributed by atoms with Crippen molar-refractivity contribution in [3.05, 3.63) is 16.4 Å². The summed E-state index contributed by atoms with van der Waals surface area (Å²) < 4.78 is 1.69. The summed E-state index contributed by atoms with van der Waals surface area (Å²) in [7, 11) is 1.81. The zero-order chi connectivity index (χ0) is 15.0. The highest BCUT2D eigenvalue weighted by Crippen LogP contribution is 2.32. The Hall–Kier alpha value is -0.870. The molecule has 5 heteroatoms. The van der Waals surface area contributed by atoms with Gasteiger partial charge in [-0.3, -0.25) is 9.48 Å². The lowest BCUT2D eigenvalue weighted by Gasteiger charge is -2.37. The van der Waals surface area contributed by atoms with Crippen LogP contribution in [-0.4, -0.2) is 21.1 Å². The molecule has 1 rings (SSSR count). The number of aryl methyl sites for hydroxylation is 2. The first-order valence-electron chi connectivity index (χ1n) is 6.54. The maximum atomic E-state index is 12.5. The molecule has 0 unspecified atom stereocenters. The van der Waals surface area contributed by atoms with Crippen LogP contribution in [0.1, 0.15) is 46.0 Å². The van der Waals surface area contributed by atoms with E-state index in [0.29, 0.717) is 5.02 Å². The molecule has 1 aromatic rings. The number of aromatic nitrogens is 2. The number of nitrogens with zero attached hydrogens (tertiary/aromatic N) is 2. The molecule has 1 aromatic heterocycles. The minimum Gasteiger partial charge on any atom is -0.325 e. The second-order valence-corrected chi connectivity index (χ2v) is 6.51. The summed E-state index contributed by atoms with van der Waals surface area (Å²) in [6.07, 6.45) is 1.02. The van der Waals surface area contributed by atoms with E-state index >= 15 is 0 Å². The standard InChI is InChI=1S/C14H24ClN3O/c1-7-9-12(15)10(18(6)17-9)8-11(19)13(2,3)14(4,5)16/h7-8,16H2,1-6H3. The van der Waals surface area contributed by atoms with Gasteiger partial charge in [0.25, 0.3) is 0 Å². The van der Waals surface area contributed by atoms with Crippen molar-refractivity contribution in [2.45, 2.75) is 53.0 Å². The highest BCUT2D eigenvalue weighted by Gasteiger charge is 2.40. The molecule has 0 saturated carbocycles. The first-order chi connectivity index (χ1) is 8.52. The number of ketones is 1. The molecular formula is C14H24ClN3O. The van der Waals surface area contributed by atoms with Crippen LogP contribution in [0.5, 0.6) is 0 Å². The fourth-order valence-corrected chi connectivity index (χ4v) is 2.10. The molecule has 0 saturated heterocycles. The SMILES string of the molecule is CCc1nn(C)c(CC(=O)C(C)(C)C(C)(C)N)c1Cl. The van der Waals surface area contributed by atoms with Gasteiger partial charge >= 0.3 is 0 Å². The normalized spacial score (nSPS) is 12.8. The Balaban J connectivity index is 3.05. The van der Waals surface area contributed by atoms with Crippen molar-refractivity contribution in [1.82, 2.24) is 9.78 Å². The molecule has 1 heterocycles. The third-order valence-corrected chi connectivity index (χ3v) is 4.58. The molecule has 0 aliphatic rings. The molecule has 0 spiro atoms. The van der Waals surface area contributed by atoms with Crippen LogP contribution in [0.4, 0.5) is 0 Å². The Kier molecular flexibility index (Phi) is 4.47. The van der Waals surface area contributed by atoms with Gasteiger partial charge in [0.1, 0.15) is 5.78 Å². The van der Waals surface area contributed by atoms with E-state index in [4.69, 9.17) is 17.3 Å². The molecule has 0 amide bonds. The number of carbonyl (C=O) groups is 1. The predicted molar refractivity (Wildman–Crippen MR) is 78.4 cm³/mol. The van der Waals surface area contributed by atoms with E-state index in [2.05, 4.69) is 5.10 Å². The van der Waals surface area contributed by atoms with E-state index in [1.165, 1.54) is 0 Å². The molecule has 2 N–H and O–H groups in total. The van der Waals surface area contributed by atoms with Gasteiger partial charge in [0.2, 0.25) is 0 Å². The smallest absolute Gasteiger partial charge is 0.146 e. The average molecular weight is 286 g/mol. The van der Waals surface area contributed by atoms with E-state index in [-0.39, 0.29) is 12.2 Å². The third kappa shape index (κ3) is 3.00. The van der Waals surface area contributed by atoms with E-state index in [0.717, 1.165) is 17.8 Å². The number of hydrogen-bond donors (Lipinski definition) is 1. The minimum absolute atomic E-state index is 0.0764. The van der Waals surface area contributed by atoms with Crippen molar-refractivity contribution in [3.8, 4) is 0 Å². The van der Waals surface area contributed by atoms with Crippen LogP contribution in [0.15, 0.2) is 0 Å². The van der Waals surface area contributed by atoms with E-state index < -0.39 is 11.0 Å². The van der Waals surface area contributed by atoms with Crippen LogP contribution in [0.3, 0.4) is 0 Å². The van der Waals surface area contributed by atoms with Crippen LogP contribution in [0, 0.1) is 5.41 Å². The molecule has 0 fully saturated rings. The largest absolute Gasteiger partial charge is 0.325 e. The van der Waals surface area contributed by atoms with Gasteiger partial charge in [-0.25, -0.2) is 0 Å².